The predicted octanol–water partition coefficient (Wildman–Crippen LogP) is 3.52. The number of amides is 1. The third kappa shape index (κ3) is 4.35. The predicted molar refractivity (Wildman–Crippen MR) is 81.2 cm³/mol. The average molecular weight is 299 g/mol. The maximum absolute atomic E-state index is 12.4. The van der Waals surface area contributed by atoms with Gasteiger partial charge in [0.05, 0.1) is 5.92 Å². The number of nitrogens with zero attached hydrogens (tertiary/aromatic N) is 1. The summed E-state index contributed by atoms with van der Waals surface area (Å²) in [4.78, 5) is 25.6. The molecule has 1 fully saturated rings. The molecule has 5 nitrogen and oxygen atoms in total. The monoisotopic (exact) mass is 299 g/mol. The van der Waals surface area contributed by atoms with Gasteiger partial charge in [0, 0.05) is 12.1 Å². The van der Waals surface area contributed by atoms with Crippen LogP contribution in [0.3, 0.4) is 0 Å². The van der Waals surface area contributed by atoms with Crippen molar-refractivity contribution in [2.75, 3.05) is 6.54 Å². The Bertz CT molecular complexity index is 420. The van der Waals surface area contributed by atoms with E-state index in [4.69, 9.17) is 4.74 Å². The first-order valence-electron chi connectivity index (χ1n) is 7.50. The van der Waals surface area contributed by atoms with Crippen LogP contribution in [-0.4, -0.2) is 39.8 Å². The molecule has 0 saturated carbocycles. The lowest BCUT2D eigenvalue weighted by molar-refractivity contribution is -0.146. The highest BCUT2D eigenvalue weighted by atomic mass is 16.6. The van der Waals surface area contributed by atoms with E-state index in [0.717, 1.165) is 0 Å². The van der Waals surface area contributed by atoms with Gasteiger partial charge in [0.2, 0.25) is 0 Å². The number of aliphatic carboxylic acids is 1. The van der Waals surface area contributed by atoms with Crippen LogP contribution in [0.2, 0.25) is 0 Å². The molecule has 0 aromatic heterocycles. The van der Waals surface area contributed by atoms with Gasteiger partial charge >= 0.3 is 12.1 Å². The molecule has 1 unspecified atom stereocenters. The van der Waals surface area contributed by atoms with Crippen LogP contribution in [0.25, 0.3) is 0 Å². The largest absolute Gasteiger partial charge is 0.481 e. The van der Waals surface area contributed by atoms with Gasteiger partial charge in [0.25, 0.3) is 0 Å². The summed E-state index contributed by atoms with van der Waals surface area (Å²) in [6.45, 7) is 13.8. The highest BCUT2D eigenvalue weighted by molar-refractivity contribution is 5.72. The number of likely N-dealkylation sites (tertiary alicyclic amines) is 1. The minimum absolute atomic E-state index is 0.366. The minimum atomic E-state index is -0.790. The Labute approximate surface area is 127 Å². The number of hydrogen-bond acceptors (Lipinski definition) is 3. The second-order valence-electron chi connectivity index (χ2n) is 8.29. The lowest BCUT2D eigenvalue weighted by Crippen LogP contribution is -2.50. The van der Waals surface area contributed by atoms with Gasteiger partial charge in [-0.1, -0.05) is 13.8 Å². The molecule has 0 aromatic rings. The van der Waals surface area contributed by atoms with Gasteiger partial charge in [0.15, 0.2) is 0 Å². The van der Waals surface area contributed by atoms with E-state index in [1.54, 1.807) is 4.90 Å². The second-order valence-corrected chi connectivity index (χ2v) is 8.29. The van der Waals surface area contributed by atoms with Crippen LogP contribution in [0, 0.1) is 11.3 Å². The van der Waals surface area contributed by atoms with Crippen molar-refractivity contribution < 1.29 is 19.4 Å². The molecule has 1 rings (SSSR count). The van der Waals surface area contributed by atoms with Gasteiger partial charge in [-0.3, -0.25) is 4.79 Å². The number of carboxylic acids is 1. The molecule has 0 radical (unpaired) electrons. The maximum atomic E-state index is 12.4. The topological polar surface area (TPSA) is 66.8 Å². The summed E-state index contributed by atoms with van der Waals surface area (Å²) >= 11 is 0. The summed E-state index contributed by atoms with van der Waals surface area (Å²) in [5.74, 6) is -1.24. The molecule has 0 aliphatic carbocycles. The fraction of sp³-hybridized carbons (Fsp3) is 0.875. The van der Waals surface area contributed by atoms with Crippen molar-refractivity contribution in [3.05, 3.63) is 0 Å². The zero-order valence-electron chi connectivity index (χ0n) is 14.3. The van der Waals surface area contributed by atoms with Crippen LogP contribution in [0.4, 0.5) is 4.79 Å². The van der Waals surface area contributed by atoms with Gasteiger partial charge in [-0.25, -0.2) is 4.79 Å². The van der Waals surface area contributed by atoms with Crippen molar-refractivity contribution in [3.63, 3.8) is 0 Å². The number of ether oxygens (including phenoxy) is 1. The molecule has 1 atom stereocenters. The molecule has 1 heterocycles. The Morgan fingerprint density at radius 3 is 2.14 bits per heavy atom. The number of carbonyl (C=O) groups excluding carboxylic acids is 1. The molecular formula is C16H29NO4. The summed E-state index contributed by atoms with van der Waals surface area (Å²) in [6.07, 6.45) is 0.704. The van der Waals surface area contributed by atoms with Crippen molar-refractivity contribution in [1.29, 1.82) is 0 Å². The van der Waals surface area contributed by atoms with Gasteiger partial charge in [-0.05, 0) is 52.9 Å². The number of carboxylic acid groups (broad SMARTS) is 1. The molecule has 0 bridgehead atoms. The summed E-state index contributed by atoms with van der Waals surface area (Å²) in [7, 11) is 0. The molecule has 1 aliphatic heterocycles. The van der Waals surface area contributed by atoms with E-state index in [0.29, 0.717) is 19.4 Å². The standard InChI is InChI=1S/C16H29NO4/c1-14(2,3)21-13(20)17-9-8-11(12(18)19)15(4,5)10-16(17,6)7/h11H,8-10H2,1-7H3,(H,18,19). The van der Waals surface area contributed by atoms with Crippen LogP contribution >= 0.6 is 0 Å². The Morgan fingerprint density at radius 2 is 1.71 bits per heavy atom. The van der Waals surface area contributed by atoms with Crippen LogP contribution in [0.1, 0.15) is 61.3 Å². The highest BCUT2D eigenvalue weighted by Gasteiger charge is 2.46. The van der Waals surface area contributed by atoms with Gasteiger partial charge in [0.1, 0.15) is 5.60 Å². The Hall–Kier alpha value is -1.26. The minimum Gasteiger partial charge on any atom is -0.481 e. The lowest BCUT2D eigenvalue weighted by Gasteiger charge is -2.41. The maximum Gasteiger partial charge on any atom is 0.410 e. The molecule has 1 N–H and O–H groups in total. The van der Waals surface area contributed by atoms with Gasteiger partial charge in [-0.2, -0.15) is 0 Å². The third-order valence-electron chi connectivity index (χ3n) is 4.12. The summed E-state index contributed by atoms with van der Waals surface area (Å²) in [5.41, 5.74) is -1.36. The SMILES string of the molecule is CC(C)(C)OC(=O)N1CCC(C(=O)O)C(C)(C)CC1(C)C. The van der Waals surface area contributed by atoms with Crippen molar-refractivity contribution in [3.8, 4) is 0 Å². The van der Waals surface area contributed by atoms with Crippen molar-refractivity contribution in [2.45, 2.75) is 72.4 Å². The number of carbonyl (C=O) groups is 2. The van der Waals surface area contributed by atoms with Crippen molar-refractivity contribution in [2.24, 2.45) is 11.3 Å². The molecule has 0 aromatic carbocycles. The second kappa shape index (κ2) is 5.50. The lowest BCUT2D eigenvalue weighted by atomic mass is 9.71. The number of hydrogen-bond donors (Lipinski definition) is 1. The van der Waals surface area contributed by atoms with E-state index in [9.17, 15) is 14.7 Å². The zero-order chi connectivity index (χ0) is 16.6. The molecular weight excluding hydrogens is 270 g/mol. The quantitative estimate of drug-likeness (QED) is 0.804. The molecule has 21 heavy (non-hydrogen) atoms. The van der Waals surface area contributed by atoms with Crippen LogP contribution < -0.4 is 0 Å². The zero-order valence-corrected chi connectivity index (χ0v) is 14.3. The Morgan fingerprint density at radius 1 is 1.19 bits per heavy atom. The van der Waals surface area contributed by atoms with E-state index in [2.05, 4.69) is 0 Å². The molecule has 0 spiro atoms. The first-order chi connectivity index (χ1) is 9.26. The average Bonchev–Trinajstić information content (AvgIpc) is 2.26. The first kappa shape index (κ1) is 17.8. The summed E-state index contributed by atoms with van der Waals surface area (Å²) < 4.78 is 5.47. The fourth-order valence-corrected chi connectivity index (χ4v) is 3.40. The van der Waals surface area contributed by atoms with E-state index in [1.807, 2.05) is 48.5 Å². The number of rotatable bonds is 1. The molecule has 1 amide bonds. The van der Waals surface area contributed by atoms with Crippen LogP contribution in [-0.2, 0) is 9.53 Å². The van der Waals surface area contributed by atoms with Gasteiger partial charge < -0.3 is 14.7 Å². The molecule has 1 saturated heterocycles. The Balaban J connectivity index is 3.03. The third-order valence-corrected chi connectivity index (χ3v) is 4.12. The van der Waals surface area contributed by atoms with Crippen molar-refractivity contribution in [1.82, 2.24) is 4.90 Å². The van der Waals surface area contributed by atoms with Gasteiger partial charge in [-0.15, -0.1) is 0 Å². The van der Waals surface area contributed by atoms with E-state index < -0.39 is 23.0 Å². The molecule has 5 heteroatoms. The van der Waals surface area contributed by atoms with E-state index in [1.165, 1.54) is 0 Å². The fourth-order valence-electron chi connectivity index (χ4n) is 3.40. The summed E-state index contributed by atoms with van der Waals surface area (Å²) in [5, 5.41) is 9.45. The van der Waals surface area contributed by atoms with E-state index >= 15 is 0 Å². The highest BCUT2D eigenvalue weighted by Crippen LogP contribution is 2.43. The van der Waals surface area contributed by atoms with Crippen molar-refractivity contribution >= 4 is 12.1 Å². The molecule has 122 valence electrons. The normalized spacial score (nSPS) is 25.1. The van der Waals surface area contributed by atoms with E-state index in [-0.39, 0.29) is 11.5 Å². The Kier molecular flexibility index (Phi) is 4.66. The summed E-state index contributed by atoms with van der Waals surface area (Å²) in [6, 6.07) is 0. The van der Waals surface area contributed by atoms with Crippen LogP contribution in [0.5, 0.6) is 0 Å². The first-order valence-corrected chi connectivity index (χ1v) is 7.50. The smallest absolute Gasteiger partial charge is 0.410 e. The van der Waals surface area contributed by atoms with Crippen LogP contribution in [0.15, 0.2) is 0 Å². The molecule has 1 aliphatic rings.